The number of rotatable bonds is 3. The van der Waals surface area contributed by atoms with Gasteiger partial charge in [-0.1, -0.05) is 42.5 Å². The maximum atomic E-state index is 10.9. The lowest BCUT2D eigenvalue weighted by atomic mass is 9.92. The average Bonchev–Trinajstić information content (AvgIpc) is 3.38. The fourth-order valence-corrected chi connectivity index (χ4v) is 3.07. The van der Waals surface area contributed by atoms with Gasteiger partial charge in [-0.25, -0.2) is 0 Å². The first kappa shape index (κ1) is 12.5. The Balaban J connectivity index is 1.85. The molecular formula is C19H17NO. The van der Waals surface area contributed by atoms with Crippen LogP contribution in [0.1, 0.15) is 41.6 Å². The molecule has 3 aromatic rings. The Labute approximate surface area is 124 Å². The maximum absolute atomic E-state index is 10.9. The van der Waals surface area contributed by atoms with E-state index in [0.717, 1.165) is 21.9 Å². The van der Waals surface area contributed by atoms with E-state index in [1.54, 1.807) is 6.20 Å². The van der Waals surface area contributed by atoms with Gasteiger partial charge in [-0.3, -0.25) is 4.98 Å². The first-order chi connectivity index (χ1) is 10.3. The lowest BCUT2D eigenvalue weighted by molar-refractivity contribution is 0.220. The highest BCUT2D eigenvalue weighted by Gasteiger charge is 2.28. The summed E-state index contributed by atoms with van der Waals surface area (Å²) < 4.78 is 0. The zero-order valence-electron chi connectivity index (χ0n) is 11.7. The van der Waals surface area contributed by atoms with Crippen molar-refractivity contribution < 1.29 is 5.11 Å². The van der Waals surface area contributed by atoms with Crippen molar-refractivity contribution in [2.75, 3.05) is 0 Å². The van der Waals surface area contributed by atoms with Crippen LogP contribution in [0.15, 0.2) is 60.9 Å². The van der Waals surface area contributed by atoms with Crippen molar-refractivity contribution in [2.24, 2.45) is 0 Å². The third-order valence-electron chi connectivity index (χ3n) is 4.32. The van der Waals surface area contributed by atoms with E-state index in [2.05, 4.69) is 23.2 Å². The second kappa shape index (κ2) is 4.97. The van der Waals surface area contributed by atoms with Gasteiger partial charge in [0, 0.05) is 17.8 Å². The zero-order valence-corrected chi connectivity index (χ0v) is 11.7. The second-order valence-corrected chi connectivity index (χ2v) is 5.75. The molecule has 1 fully saturated rings. The molecule has 1 N–H and O–H groups in total. The number of pyridine rings is 1. The summed E-state index contributed by atoms with van der Waals surface area (Å²) >= 11 is 0. The van der Waals surface area contributed by atoms with E-state index in [-0.39, 0.29) is 0 Å². The molecule has 0 spiro atoms. The van der Waals surface area contributed by atoms with E-state index in [1.807, 2.05) is 36.5 Å². The van der Waals surface area contributed by atoms with Gasteiger partial charge >= 0.3 is 0 Å². The third-order valence-corrected chi connectivity index (χ3v) is 4.32. The minimum atomic E-state index is -0.588. The Morgan fingerprint density at radius 1 is 0.952 bits per heavy atom. The van der Waals surface area contributed by atoms with Crippen molar-refractivity contribution in [1.29, 1.82) is 0 Å². The minimum absolute atomic E-state index is 0.588. The van der Waals surface area contributed by atoms with Crippen LogP contribution in [0.25, 0.3) is 10.8 Å². The van der Waals surface area contributed by atoms with Crippen LogP contribution in [0, 0.1) is 0 Å². The maximum Gasteiger partial charge on any atom is 0.105 e. The summed E-state index contributed by atoms with van der Waals surface area (Å²) in [6.45, 7) is 0. The standard InChI is InChI=1S/C19H17NO/c21-19(16-6-2-1-5-15(16)14-8-9-14)17-7-3-4-13-10-11-20-12-18(13)17/h1-7,10-12,14,19,21H,8-9H2. The molecular weight excluding hydrogens is 258 g/mol. The van der Waals surface area contributed by atoms with Gasteiger partial charge < -0.3 is 5.11 Å². The van der Waals surface area contributed by atoms with Crippen molar-refractivity contribution >= 4 is 10.8 Å². The van der Waals surface area contributed by atoms with E-state index in [1.165, 1.54) is 18.4 Å². The number of hydrogen-bond acceptors (Lipinski definition) is 2. The summed E-state index contributed by atoms with van der Waals surface area (Å²) in [7, 11) is 0. The smallest absolute Gasteiger partial charge is 0.105 e. The molecule has 104 valence electrons. The average molecular weight is 275 g/mol. The Bertz CT molecular complexity index is 787. The van der Waals surface area contributed by atoms with E-state index in [4.69, 9.17) is 0 Å². The number of nitrogens with zero attached hydrogens (tertiary/aromatic N) is 1. The number of fused-ring (bicyclic) bond motifs is 1. The van der Waals surface area contributed by atoms with E-state index >= 15 is 0 Å². The predicted molar refractivity (Wildman–Crippen MR) is 84.2 cm³/mol. The number of aliphatic hydroxyl groups excluding tert-OH is 1. The molecule has 1 atom stereocenters. The molecule has 1 saturated carbocycles. The van der Waals surface area contributed by atoms with Crippen molar-refractivity contribution in [3.05, 3.63) is 77.6 Å². The Morgan fingerprint density at radius 2 is 1.76 bits per heavy atom. The molecule has 0 aliphatic heterocycles. The molecule has 1 heterocycles. The molecule has 1 aliphatic rings. The summed E-state index contributed by atoms with van der Waals surface area (Å²) in [5, 5.41) is 13.1. The van der Waals surface area contributed by atoms with Crippen LogP contribution >= 0.6 is 0 Å². The molecule has 2 heteroatoms. The van der Waals surface area contributed by atoms with Crippen LogP contribution in [0.4, 0.5) is 0 Å². The molecule has 0 bridgehead atoms. The fourth-order valence-electron chi connectivity index (χ4n) is 3.07. The van der Waals surface area contributed by atoms with Gasteiger partial charge in [-0.15, -0.1) is 0 Å². The molecule has 1 aromatic heterocycles. The zero-order chi connectivity index (χ0) is 14.2. The number of aromatic nitrogens is 1. The van der Waals surface area contributed by atoms with E-state index in [9.17, 15) is 5.11 Å². The first-order valence-corrected chi connectivity index (χ1v) is 7.44. The first-order valence-electron chi connectivity index (χ1n) is 7.44. The van der Waals surface area contributed by atoms with Crippen LogP contribution in [-0.2, 0) is 0 Å². The van der Waals surface area contributed by atoms with Gasteiger partial charge in [-0.2, -0.15) is 0 Å². The van der Waals surface area contributed by atoms with Gasteiger partial charge in [-0.05, 0) is 46.9 Å². The van der Waals surface area contributed by atoms with Crippen LogP contribution in [0.5, 0.6) is 0 Å². The van der Waals surface area contributed by atoms with Gasteiger partial charge in [0.2, 0.25) is 0 Å². The normalized spacial score (nSPS) is 16.0. The summed E-state index contributed by atoms with van der Waals surface area (Å²) in [4.78, 5) is 4.21. The van der Waals surface area contributed by atoms with Crippen LogP contribution in [0.3, 0.4) is 0 Å². The summed E-state index contributed by atoms with van der Waals surface area (Å²) in [5.41, 5.74) is 3.27. The van der Waals surface area contributed by atoms with Gasteiger partial charge in [0.25, 0.3) is 0 Å². The highest BCUT2D eigenvalue weighted by atomic mass is 16.3. The van der Waals surface area contributed by atoms with Crippen LogP contribution < -0.4 is 0 Å². The minimum Gasteiger partial charge on any atom is -0.384 e. The number of hydrogen-bond donors (Lipinski definition) is 1. The SMILES string of the molecule is OC(c1ccccc1C1CC1)c1cccc2ccncc12. The molecule has 1 unspecified atom stereocenters. The topological polar surface area (TPSA) is 33.1 Å². The molecule has 21 heavy (non-hydrogen) atoms. The van der Waals surface area contributed by atoms with Crippen molar-refractivity contribution in [3.8, 4) is 0 Å². The molecule has 0 radical (unpaired) electrons. The molecule has 1 aliphatic carbocycles. The van der Waals surface area contributed by atoms with Crippen molar-refractivity contribution in [1.82, 2.24) is 4.98 Å². The molecule has 0 saturated heterocycles. The Hall–Kier alpha value is -2.19. The molecule has 0 amide bonds. The second-order valence-electron chi connectivity index (χ2n) is 5.75. The lowest BCUT2D eigenvalue weighted by Gasteiger charge is -2.17. The largest absolute Gasteiger partial charge is 0.384 e. The van der Waals surface area contributed by atoms with Crippen molar-refractivity contribution in [3.63, 3.8) is 0 Å². The van der Waals surface area contributed by atoms with E-state index in [0.29, 0.717) is 5.92 Å². The Morgan fingerprint density at radius 3 is 2.62 bits per heavy atom. The monoisotopic (exact) mass is 275 g/mol. The fraction of sp³-hybridized carbons (Fsp3) is 0.211. The Kier molecular flexibility index (Phi) is 2.97. The highest BCUT2D eigenvalue weighted by molar-refractivity contribution is 5.85. The summed E-state index contributed by atoms with van der Waals surface area (Å²) in [5.74, 6) is 0.629. The quantitative estimate of drug-likeness (QED) is 0.777. The van der Waals surface area contributed by atoms with Gasteiger partial charge in [0.1, 0.15) is 6.10 Å². The lowest BCUT2D eigenvalue weighted by Crippen LogP contribution is -2.04. The van der Waals surface area contributed by atoms with Crippen molar-refractivity contribution in [2.45, 2.75) is 24.9 Å². The number of aliphatic hydroxyl groups is 1. The summed E-state index contributed by atoms with van der Waals surface area (Å²) in [6.07, 6.45) is 5.51. The highest BCUT2D eigenvalue weighted by Crippen LogP contribution is 2.44. The predicted octanol–water partition coefficient (Wildman–Crippen LogP) is 4.19. The van der Waals surface area contributed by atoms with E-state index < -0.39 is 6.10 Å². The molecule has 4 rings (SSSR count). The van der Waals surface area contributed by atoms with Crippen LogP contribution in [0.2, 0.25) is 0 Å². The third kappa shape index (κ3) is 2.22. The molecule has 2 nitrogen and oxygen atoms in total. The summed E-state index contributed by atoms with van der Waals surface area (Å²) in [6, 6.07) is 16.3. The van der Waals surface area contributed by atoms with Gasteiger partial charge in [0.05, 0.1) is 0 Å². The van der Waals surface area contributed by atoms with Crippen LogP contribution in [-0.4, -0.2) is 10.1 Å². The number of benzene rings is 2. The molecule has 2 aromatic carbocycles. The van der Waals surface area contributed by atoms with Gasteiger partial charge in [0.15, 0.2) is 0 Å².